The zero-order chi connectivity index (χ0) is 21.2. The summed E-state index contributed by atoms with van der Waals surface area (Å²) in [6.07, 6.45) is 1.48. The van der Waals surface area contributed by atoms with Crippen LogP contribution in [0.4, 0.5) is 0 Å². The van der Waals surface area contributed by atoms with Crippen LogP contribution in [0.25, 0.3) is 0 Å². The highest BCUT2D eigenvalue weighted by Crippen LogP contribution is 2.07. The summed E-state index contributed by atoms with van der Waals surface area (Å²) in [5.74, 6) is -0.950. The normalized spacial score (nSPS) is 13.9. The van der Waals surface area contributed by atoms with E-state index in [9.17, 15) is 14.4 Å². The SMILES string of the molecule is CC(C)[C@H](NC(=O)[C@@H](N)Cc1ccccc1)C(=O)N[C@H](C=O)Cc1ccccc1. The van der Waals surface area contributed by atoms with Crippen LogP contribution in [0.5, 0.6) is 0 Å². The Labute approximate surface area is 171 Å². The van der Waals surface area contributed by atoms with Crippen molar-refractivity contribution in [1.82, 2.24) is 10.6 Å². The van der Waals surface area contributed by atoms with Gasteiger partial charge in [-0.1, -0.05) is 74.5 Å². The minimum atomic E-state index is -0.775. The van der Waals surface area contributed by atoms with Crippen LogP contribution < -0.4 is 16.4 Å². The number of hydrogen-bond acceptors (Lipinski definition) is 4. The molecule has 0 saturated heterocycles. The third kappa shape index (κ3) is 7.16. The predicted octanol–water partition coefficient (Wildman–Crippen LogP) is 1.62. The van der Waals surface area contributed by atoms with Gasteiger partial charge in [-0.25, -0.2) is 0 Å². The summed E-state index contributed by atoms with van der Waals surface area (Å²) in [7, 11) is 0. The highest BCUT2D eigenvalue weighted by molar-refractivity contribution is 5.91. The van der Waals surface area contributed by atoms with Gasteiger partial charge in [0.15, 0.2) is 0 Å². The second-order valence-corrected chi connectivity index (χ2v) is 7.47. The van der Waals surface area contributed by atoms with Gasteiger partial charge in [-0.15, -0.1) is 0 Å². The topological polar surface area (TPSA) is 101 Å². The smallest absolute Gasteiger partial charge is 0.243 e. The minimum absolute atomic E-state index is 0.160. The van der Waals surface area contributed by atoms with E-state index in [-0.39, 0.29) is 5.92 Å². The molecule has 0 aliphatic carbocycles. The molecular formula is C23H29N3O3. The van der Waals surface area contributed by atoms with Gasteiger partial charge in [0.1, 0.15) is 12.3 Å². The number of nitrogens with two attached hydrogens (primary N) is 1. The van der Waals surface area contributed by atoms with Crippen molar-refractivity contribution in [3.05, 3.63) is 71.8 Å². The molecule has 0 spiro atoms. The zero-order valence-electron chi connectivity index (χ0n) is 16.9. The maximum atomic E-state index is 12.7. The lowest BCUT2D eigenvalue weighted by Crippen LogP contribution is -2.56. The third-order valence-corrected chi connectivity index (χ3v) is 4.67. The van der Waals surface area contributed by atoms with Crippen molar-refractivity contribution in [3.8, 4) is 0 Å². The van der Waals surface area contributed by atoms with Crippen LogP contribution in [-0.2, 0) is 27.2 Å². The van der Waals surface area contributed by atoms with Crippen molar-refractivity contribution in [3.63, 3.8) is 0 Å². The molecule has 6 heteroatoms. The number of amides is 2. The fourth-order valence-electron chi connectivity index (χ4n) is 3.03. The van der Waals surface area contributed by atoms with E-state index in [0.29, 0.717) is 19.1 Å². The molecule has 0 bridgehead atoms. The van der Waals surface area contributed by atoms with Crippen molar-refractivity contribution >= 4 is 18.1 Å². The van der Waals surface area contributed by atoms with Crippen LogP contribution >= 0.6 is 0 Å². The van der Waals surface area contributed by atoms with E-state index in [0.717, 1.165) is 11.1 Å². The molecule has 0 unspecified atom stereocenters. The van der Waals surface area contributed by atoms with Gasteiger partial charge in [0.05, 0.1) is 12.1 Å². The predicted molar refractivity (Wildman–Crippen MR) is 113 cm³/mol. The number of nitrogens with one attached hydrogen (secondary N) is 2. The maximum Gasteiger partial charge on any atom is 0.243 e. The Morgan fingerprint density at radius 2 is 1.38 bits per heavy atom. The van der Waals surface area contributed by atoms with Gasteiger partial charge in [-0.05, 0) is 29.9 Å². The summed E-state index contributed by atoms with van der Waals surface area (Å²) in [5, 5.41) is 5.47. The van der Waals surface area contributed by atoms with E-state index in [4.69, 9.17) is 5.73 Å². The highest BCUT2D eigenvalue weighted by Gasteiger charge is 2.28. The Bertz CT molecular complexity index is 794. The van der Waals surface area contributed by atoms with Crippen molar-refractivity contribution in [2.45, 2.75) is 44.8 Å². The van der Waals surface area contributed by atoms with Gasteiger partial charge >= 0.3 is 0 Å². The first-order valence-electron chi connectivity index (χ1n) is 9.80. The van der Waals surface area contributed by atoms with E-state index in [1.165, 1.54) is 0 Å². The van der Waals surface area contributed by atoms with Crippen LogP contribution in [0.2, 0.25) is 0 Å². The lowest BCUT2D eigenvalue weighted by Gasteiger charge is -2.25. The monoisotopic (exact) mass is 395 g/mol. The molecule has 154 valence electrons. The van der Waals surface area contributed by atoms with Crippen LogP contribution in [0, 0.1) is 5.92 Å². The van der Waals surface area contributed by atoms with E-state index >= 15 is 0 Å². The van der Waals surface area contributed by atoms with Crippen molar-refractivity contribution in [2.24, 2.45) is 11.7 Å². The summed E-state index contributed by atoms with van der Waals surface area (Å²) in [5.41, 5.74) is 7.92. The fraction of sp³-hybridized carbons (Fsp3) is 0.348. The van der Waals surface area contributed by atoms with Crippen molar-refractivity contribution in [2.75, 3.05) is 0 Å². The van der Waals surface area contributed by atoms with Crippen LogP contribution in [-0.4, -0.2) is 36.2 Å². The van der Waals surface area contributed by atoms with E-state index in [2.05, 4.69) is 10.6 Å². The number of aldehydes is 1. The van der Waals surface area contributed by atoms with Crippen molar-refractivity contribution in [1.29, 1.82) is 0 Å². The molecule has 0 aliphatic rings. The van der Waals surface area contributed by atoms with E-state index in [1.807, 2.05) is 74.5 Å². The quantitative estimate of drug-likeness (QED) is 0.532. The number of carbonyl (C=O) groups is 3. The van der Waals surface area contributed by atoms with Gasteiger partial charge in [-0.3, -0.25) is 9.59 Å². The highest BCUT2D eigenvalue weighted by atomic mass is 16.2. The van der Waals surface area contributed by atoms with E-state index in [1.54, 1.807) is 0 Å². The Balaban J connectivity index is 1.97. The molecule has 2 amide bonds. The summed E-state index contributed by atoms with van der Waals surface area (Å²) in [4.78, 5) is 36.7. The lowest BCUT2D eigenvalue weighted by atomic mass is 10.0. The Morgan fingerprint density at radius 1 is 0.862 bits per heavy atom. The van der Waals surface area contributed by atoms with Gasteiger partial charge in [0, 0.05) is 0 Å². The first-order chi connectivity index (χ1) is 13.9. The first kappa shape index (κ1) is 22.3. The van der Waals surface area contributed by atoms with Gasteiger partial charge < -0.3 is 21.2 Å². The number of hydrogen-bond donors (Lipinski definition) is 3. The maximum absolute atomic E-state index is 12.7. The average Bonchev–Trinajstić information content (AvgIpc) is 2.72. The Hall–Kier alpha value is -2.99. The summed E-state index contributed by atoms with van der Waals surface area (Å²) in [6, 6.07) is 16.7. The summed E-state index contributed by atoms with van der Waals surface area (Å²) < 4.78 is 0. The van der Waals surface area contributed by atoms with Crippen LogP contribution in [0.15, 0.2) is 60.7 Å². The van der Waals surface area contributed by atoms with Crippen LogP contribution in [0.1, 0.15) is 25.0 Å². The standard InChI is InChI=1S/C23H29N3O3/c1-16(2)21(26-22(28)20(24)14-18-11-7-4-8-12-18)23(29)25-19(15-27)13-17-9-5-3-6-10-17/h3-12,15-16,19-21H,13-14,24H2,1-2H3,(H,25,29)(H,26,28)/t19-,20-,21-/m0/s1. The first-order valence-corrected chi connectivity index (χ1v) is 9.80. The fourth-order valence-corrected chi connectivity index (χ4v) is 3.03. The molecular weight excluding hydrogens is 366 g/mol. The molecule has 2 aromatic rings. The second-order valence-electron chi connectivity index (χ2n) is 7.47. The van der Waals surface area contributed by atoms with Gasteiger partial charge in [-0.2, -0.15) is 0 Å². The lowest BCUT2D eigenvalue weighted by molar-refractivity contribution is -0.131. The molecule has 0 aliphatic heterocycles. The molecule has 4 N–H and O–H groups in total. The average molecular weight is 396 g/mol. The summed E-state index contributed by atoms with van der Waals surface area (Å²) >= 11 is 0. The largest absolute Gasteiger partial charge is 0.344 e. The molecule has 0 saturated carbocycles. The molecule has 0 radical (unpaired) electrons. The minimum Gasteiger partial charge on any atom is -0.344 e. The molecule has 2 rings (SSSR count). The summed E-state index contributed by atoms with van der Waals surface area (Å²) in [6.45, 7) is 3.67. The molecule has 0 fully saturated rings. The van der Waals surface area contributed by atoms with Gasteiger partial charge in [0.2, 0.25) is 11.8 Å². The molecule has 29 heavy (non-hydrogen) atoms. The molecule has 0 heterocycles. The Kier molecular flexibility index (Phi) is 8.55. The zero-order valence-corrected chi connectivity index (χ0v) is 16.9. The van der Waals surface area contributed by atoms with Gasteiger partial charge in [0.25, 0.3) is 0 Å². The molecule has 6 nitrogen and oxygen atoms in total. The Morgan fingerprint density at radius 3 is 1.86 bits per heavy atom. The number of carbonyl (C=O) groups excluding carboxylic acids is 3. The second kappa shape index (κ2) is 11.1. The molecule has 3 atom stereocenters. The number of rotatable bonds is 10. The van der Waals surface area contributed by atoms with Crippen LogP contribution in [0.3, 0.4) is 0 Å². The molecule has 2 aromatic carbocycles. The number of benzene rings is 2. The third-order valence-electron chi connectivity index (χ3n) is 4.67. The van der Waals surface area contributed by atoms with E-state index < -0.39 is 29.9 Å². The van der Waals surface area contributed by atoms with Crippen molar-refractivity contribution < 1.29 is 14.4 Å². The molecule has 0 aromatic heterocycles.